The molecular weight excluding hydrogens is 483 g/mol. The largest absolute Gasteiger partial charge is 0.494 e. The van der Waals surface area contributed by atoms with Crippen molar-refractivity contribution in [2.45, 2.75) is 40.3 Å². The summed E-state index contributed by atoms with van der Waals surface area (Å²) in [6.07, 6.45) is 1.79. The van der Waals surface area contributed by atoms with Crippen LogP contribution in [0.5, 0.6) is 5.75 Å². The maximum absolute atomic E-state index is 14.1. The zero-order valence-electron chi connectivity index (χ0n) is 20.8. The summed E-state index contributed by atoms with van der Waals surface area (Å²) in [4.78, 5) is 26.1. The number of hydrogen-bond acceptors (Lipinski definition) is 4. The van der Waals surface area contributed by atoms with Crippen molar-refractivity contribution in [3.8, 4) is 16.9 Å². The zero-order valence-corrected chi connectivity index (χ0v) is 21.5. The number of hydrogen-bond donors (Lipinski definition) is 2. The van der Waals surface area contributed by atoms with Crippen LogP contribution in [0.25, 0.3) is 22.0 Å². The number of carbonyl (C=O) groups excluding carboxylic acids is 1. The number of pyridine rings is 1. The van der Waals surface area contributed by atoms with Gasteiger partial charge in [-0.25, -0.2) is 9.07 Å². The first-order valence-corrected chi connectivity index (χ1v) is 11.8. The predicted molar refractivity (Wildman–Crippen MR) is 141 cm³/mol. The average Bonchev–Trinajstić information content (AvgIpc) is 3.18. The number of rotatable bonds is 6. The number of carbonyl (C=O) groups is 1. The van der Waals surface area contributed by atoms with Crippen LogP contribution in [0.15, 0.2) is 47.4 Å². The molecule has 0 saturated heterocycles. The molecule has 0 bridgehead atoms. The molecule has 0 aliphatic carbocycles. The molecule has 36 heavy (non-hydrogen) atoms. The molecule has 4 aromatic rings. The highest BCUT2D eigenvalue weighted by atomic mass is 35.5. The number of amides is 1. The lowest BCUT2D eigenvalue weighted by Crippen LogP contribution is -2.35. The summed E-state index contributed by atoms with van der Waals surface area (Å²) in [5.74, 6) is 5.07. The first kappa shape index (κ1) is 25.3. The van der Waals surface area contributed by atoms with Gasteiger partial charge < -0.3 is 20.5 Å². The number of methoxy groups -OCH3 is 1. The van der Waals surface area contributed by atoms with Crippen molar-refractivity contribution in [2.75, 3.05) is 13.0 Å². The number of nitrogens with one attached hydrogen (secondary N) is 1. The molecule has 0 atom stereocenters. The normalized spacial score (nSPS) is 11.3. The second kappa shape index (κ2) is 9.70. The van der Waals surface area contributed by atoms with Crippen LogP contribution in [-0.4, -0.2) is 22.3 Å². The van der Waals surface area contributed by atoms with Gasteiger partial charge >= 0.3 is 0 Å². The van der Waals surface area contributed by atoms with Crippen molar-refractivity contribution in [3.63, 3.8) is 0 Å². The second-order valence-corrected chi connectivity index (χ2v) is 9.46. The molecule has 7 nitrogen and oxygen atoms in total. The summed E-state index contributed by atoms with van der Waals surface area (Å²) in [5.41, 5.74) is 3.87. The fourth-order valence-corrected chi connectivity index (χ4v) is 4.68. The van der Waals surface area contributed by atoms with Crippen molar-refractivity contribution in [1.82, 2.24) is 14.6 Å². The smallest absolute Gasteiger partial charge is 0.274 e. The molecule has 0 saturated carbocycles. The minimum Gasteiger partial charge on any atom is -0.494 e. The van der Waals surface area contributed by atoms with Crippen LogP contribution in [0, 0.1) is 19.7 Å². The summed E-state index contributed by atoms with van der Waals surface area (Å²) >= 11 is 6.60. The maximum Gasteiger partial charge on any atom is 0.274 e. The van der Waals surface area contributed by atoms with Crippen molar-refractivity contribution in [1.29, 1.82) is 0 Å². The molecule has 1 amide bonds. The van der Waals surface area contributed by atoms with E-state index >= 15 is 0 Å². The Hall–Kier alpha value is -3.78. The maximum atomic E-state index is 14.1. The van der Waals surface area contributed by atoms with Gasteiger partial charge in [-0.2, -0.15) is 0 Å². The summed E-state index contributed by atoms with van der Waals surface area (Å²) in [6.45, 7) is 7.57. The van der Waals surface area contributed by atoms with E-state index in [0.29, 0.717) is 38.4 Å². The van der Waals surface area contributed by atoms with Gasteiger partial charge in [0.15, 0.2) is 11.6 Å². The van der Waals surface area contributed by atoms with Crippen LogP contribution in [0.3, 0.4) is 0 Å². The molecule has 2 aromatic carbocycles. The van der Waals surface area contributed by atoms with E-state index in [4.69, 9.17) is 22.2 Å². The van der Waals surface area contributed by atoms with E-state index in [2.05, 4.69) is 5.32 Å². The third-order valence-electron chi connectivity index (χ3n) is 6.36. The van der Waals surface area contributed by atoms with Crippen molar-refractivity contribution in [2.24, 2.45) is 0 Å². The minimum absolute atomic E-state index is 0.000416. The fraction of sp³-hybridized carbons (Fsp3) is 0.259. The first-order chi connectivity index (χ1) is 17.0. The predicted octanol–water partition coefficient (Wildman–Crippen LogP) is 5.11. The van der Waals surface area contributed by atoms with Gasteiger partial charge in [-0.05, 0) is 74.7 Å². The van der Waals surface area contributed by atoms with Crippen LogP contribution >= 0.6 is 11.6 Å². The number of nitrogens with two attached hydrogens (primary N) is 1. The number of halogens is 2. The number of aryl methyl sites for hydroxylation is 2. The van der Waals surface area contributed by atoms with Crippen LogP contribution in [0.1, 0.15) is 47.1 Å². The Morgan fingerprint density at radius 3 is 2.56 bits per heavy atom. The highest BCUT2D eigenvalue weighted by Gasteiger charge is 2.21. The van der Waals surface area contributed by atoms with Crippen molar-refractivity contribution >= 4 is 28.4 Å². The molecule has 0 radical (unpaired) electrons. The molecule has 4 rings (SSSR count). The van der Waals surface area contributed by atoms with Gasteiger partial charge in [-0.15, -0.1) is 0 Å². The van der Waals surface area contributed by atoms with E-state index in [0.717, 1.165) is 15.8 Å². The zero-order chi connectivity index (χ0) is 26.3. The molecule has 2 heterocycles. The van der Waals surface area contributed by atoms with E-state index in [1.165, 1.54) is 13.2 Å². The molecule has 0 aliphatic rings. The van der Waals surface area contributed by atoms with Crippen LogP contribution in [0.2, 0.25) is 5.02 Å². The second-order valence-electron chi connectivity index (χ2n) is 9.05. The quantitative estimate of drug-likeness (QED) is 0.352. The topological polar surface area (TPSA) is 91.3 Å². The SMILES string of the molecule is COc1cc(-c2cc(C(=O)NCc3c(C)cc(C)n(N)c3=O)c3c(Cl)cn(C(C)C)c3c2)ccc1F. The fourth-order valence-electron chi connectivity index (χ4n) is 4.37. The van der Waals surface area contributed by atoms with E-state index in [-0.39, 0.29) is 23.9 Å². The molecule has 0 spiro atoms. The first-order valence-electron chi connectivity index (χ1n) is 11.5. The number of nitrogen functional groups attached to an aromatic ring is 1. The highest BCUT2D eigenvalue weighted by Crippen LogP contribution is 2.36. The molecule has 3 N–H and O–H groups in total. The Balaban J connectivity index is 1.83. The van der Waals surface area contributed by atoms with E-state index in [1.54, 1.807) is 44.3 Å². The number of aromatic nitrogens is 2. The lowest BCUT2D eigenvalue weighted by molar-refractivity contribution is 0.0952. The standard InChI is InChI=1S/C27H28ClFN4O3/c1-14(2)32-13-21(28)25-19(26(34)31-12-20-15(3)8-16(4)33(30)27(20)35)9-18(10-23(25)32)17-6-7-22(29)24(11-17)36-5/h6-11,13-14H,12,30H2,1-5H3,(H,31,34). The Labute approximate surface area is 213 Å². The van der Waals surface area contributed by atoms with E-state index < -0.39 is 11.7 Å². The van der Waals surface area contributed by atoms with Gasteiger partial charge in [0.2, 0.25) is 0 Å². The third kappa shape index (κ3) is 4.44. The Bertz CT molecular complexity index is 1560. The number of fused-ring (bicyclic) bond motifs is 1. The lowest BCUT2D eigenvalue weighted by Gasteiger charge is -2.15. The minimum atomic E-state index is -0.479. The number of ether oxygens (including phenoxy) is 1. The van der Waals surface area contributed by atoms with Gasteiger partial charge in [-0.3, -0.25) is 9.59 Å². The van der Waals surface area contributed by atoms with Gasteiger partial charge in [0, 0.05) is 35.4 Å². The van der Waals surface area contributed by atoms with Gasteiger partial charge in [0.05, 0.1) is 23.2 Å². The highest BCUT2D eigenvalue weighted by molar-refractivity contribution is 6.37. The average molecular weight is 511 g/mol. The molecule has 0 unspecified atom stereocenters. The van der Waals surface area contributed by atoms with Crippen LogP contribution in [-0.2, 0) is 6.54 Å². The van der Waals surface area contributed by atoms with Gasteiger partial charge in [-0.1, -0.05) is 17.7 Å². The van der Waals surface area contributed by atoms with Gasteiger partial charge in [0.1, 0.15) is 0 Å². The monoisotopic (exact) mass is 510 g/mol. The molecule has 0 fully saturated rings. The van der Waals surface area contributed by atoms with Crippen molar-refractivity contribution in [3.05, 3.63) is 86.2 Å². The summed E-state index contributed by atoms with van der Waals surface area (Å²) in [6, 6.07) is 10.0. The lowest BCUT2D eigenvalue weighted by atomic mass is 9.99. The molecule has 2 aromatic heterocycles. The third-order valence-corrected chi connectivity index (χ3v) is 6.64. The van der Waals surface area contributed by atoms with E-state index in [1.807, 2.05) is 24.5 Å². The summed E-state index contributed by atoms with van der Waals surface area (Å²) < 4.78 is 22.2. The van der Waals surface area contributed by atoms with Crippen LogP contribution < -0.4 is 21.5 Å². The summed E-state index contributed by atoms with van der Waals surface area (Å²) in [7, 11) is 1.40. The molecule has 188 valence electrons. The van der Waals surface area contributed by atoms with Crippen LogP contribution in [0.4, 0.5) is 4.39 Å². The molecular formula is C27H28ClFN4O3. The molecule has 9 heteroatoms. The Kier molecular flexibility index (Phi) is 6.82. The summed E-state index contributed by atoms with van der Waals surface area (Å²) in [5, 5.41) is 3.88. The molecule has 0 aliphatic heterocycles. The van der Waals surface area contributed by atoms with E-state index in [9.17, 15) is 14.0 Å². The van der Waals surface area contributed by atoms with Gasteiger partial charge in [0.25, 0.3) is 11.5 Å². The van der Waals surface area contributed by atoms with Crippen molar-refractivity contribution < 1.29 is 13.9 Å². The number of nitrogens with zero attached hydrogens (tertiary/aromatic N) is 2. The number of benzene rings is 2. The Morgan fingerprint density at radius 2 is 1.89 bits per heavy atom. The Morgan fingerprint density at radius 1 is 1.17 bits per heavy atom.